The second kappa shape index (κ2) is 9.38. The van der Waals surface area contributed by atoms with Crippen LogP contribution in [-0.2, 0) is 14.3 Å². The number of ether oxygens (including phenoxy) is 1. The maximum atomic E-state index is 12.8. The number of rotatable bonds is 7. The van der Waals surface area contributed by atoms with Crippen LogP contribution in [0.2, 0.25) is 0 Å². The standard InChI is InChI=1S/C28H37ClO3/c1-4-7-8-9-10-25(31)32-28(6-3)16-15-23-22-13-11-19-17-20(30)12-14-21(19)26(22)24(29)18-27(23,28)5-2/h3,15-17,21-24,26H,4-5,7-14,18H2,1-2H3/t21-,22-,23-,24-,26+,27-,28-/m0/s1. The molecule has 0 aromatic carbocycles. The van der Waals surface area contributed by atoms with Gasteiger partial charge in [-0.2, -0.15) is 0 Å². The van der Waals surface area contributed by atoms with Gasteiger partial charge in [0.1, 0.15) is 0 Å². The number of allylic oxidation sites excluding steroid dienone is 3. The minimum atomic E-state index is -1.01. The smallest absolute Gasteiger partial charge is 0.307 e. The van der Waals surface area contributed by atoms with Crippen LogP contribution in [0.15, 0.2) is 23.8 Å². The van der Waals surface area contributed by atoms with Gasteiger partial charge in [-0.25, -0.2) is 0 Å². The zero-order valence-corrected chi connectivity index (χ0v) is 20.3. The Hall–Kier alpha value is -1.53. The Morgan fingerprint density at radius 3 is 2.78 bits per heavy atom. The number of unbranched alkanes of at least 4 members (excludes halogenated alkanes) is 3. The Morgan fingerprint density at radius 1 is 1.25 bits per heavy atom. The van der Waals surface area contributed by atoms with Crippen LogP contribution in [0.1, 0.15) is 84.5 Å². The summed E-state index contributed by atoms with van der Waals surface area (Å²) < 4.78 is 6.16. The quantitative estimate of drug-likeness (QED) is 0.146. The number of carbonyl (C=O) groups is 2. The van der Waals surface area contributed by atoms with Crippen molar-refractivity contribution >= 4 is 23.4 Å². The summed E-state index contributed by atoms with van der Waals surface area (Å²) in [5.74, 6) is 4.44. The molecular formula is C28H37ClO3. The highest BCUT2D eigenvalue weighted by Crippen LogP contribution is 2.65. The molecule has 0 unspecified atom stereocenters. The number of hydrogen-bond acceptors (Lipinski definition) is 3. The first-order chi connectivity index (χ1) is 15.4. The van der Waals surface area contributed by atoms with Crippen LogP contribution in [0, 0.1) is 41.4 Å². The first-order valence-corrected chi connectivity index (χ1v) is 13.1. The van der Waals surface area contributed by atoms with Crippen molar-refractivity contribution < 1.29 is 14.3 Å². The monoisotopic (exact) mass is 456 g/mol. The third-order valence-corrected chi connectivity index (χ3v) is 9.40. The number of halogens is 1. The Kier molecular flexibility index (Phi) is 6.92. The van der Waals surface area contributed by atoms with Crippen LogP contribution >= 0.6 is 11.6 Å². The highest BCUT2D eigenvalue weighted by Gasteiger charge is 2.65. The summed E-state index contributed by atoms with van der Waals surface area (Å²) in [5.41, 5.74) is -0.0497. The van der Waals surface area contributed by atoms with E-state index >= 15 is 0 Å². The van der Waals surface area contributed by atoms with Gasteiger partial charge in [0, 0.05) is 23.6 Å². The second-order valence-corrected chi connectivity index (χ2v) is 11.0. The summed E-state index contributed by atoms with van der Waals surface area (Å²) in [7, 11) is 0. The predicted molar refractivity (Wildman–Crippen MR) is 128 cm³/mol. The average Bonchev–Trinajstić information content (AvgIpc) is 3.10. The second-order valence-electron chi connectivity index (χ2n) is 10.4. The molecule has 0 spiro atoms. The molecule has 0 aromatic heterocycles. The van der Waals surface area contributed by atoms with Gasteiger partial charge in [-0.05, 0) is 74.3 Å². The minimum Gasteiger partial charge on any atom is -0.441 e. The van der Waals surface area contributed by atoms with Gasteiger partial charge in [0.25, 0.3) is 0 Å². The molecule has 0 N–H and O–H groups in total. The molecule has 4 heteroatoms. The lowest BCUT2D eigenvalue weighted by Gasteiger charge is -2.58. The van der Waals surface area contributed by atoms with Gasteiger partial charge < -0.3 is 4.74 Å². The minimum absolute atomic E-state index is 0.0333. The van der Waals surface area contributed by atoms with Gasteiger partial charge in [0.15, 0.2) is 11.4 Å². The largest absolute Gasteiger partial charge is 0.441 e. The third-order valence-electron chi connectivity index (χ3n) is 8.96. The Morgan fingerprint density at radius 2 is 2.06 bits per heavy atom. The molecule has 0 bridgehead atoms. The van der Waals surface area contributed by atoms with E-state index in [1.165, 1.54) is 5.57 Å². The fourth-order valence-corrected chi connectivity index (χ4v) is 8.06. The number of esters is 1. The molecule has 0 saturated heterocycles. The molecule has 0 amide bonds. The Labute approximate surface area is 198 Å². The first kappa shape index (κ1) is 23.6. The Bertz CT molecular complexity index is 851. The lowest BCUT2D eigenvalue weighted by Crippen LogP contribution is -2.58. The van der Waals surface area contributed by atoms with Crippen molar-refractivity contribution in [3.05, 3.63) is 23.8 Å². The zero-order valence-electron chi connectivity index (χ0n) is 19.6. The van der Waals surface area contributed by atoms with E-state index in [9.17, 15) is 9.59 Å². The number of ketones is 1. The fourth-order valence-electron chi connectivity index (χ4n) is 7.42. The van der Waals surface area contributed by atoms with Crippen LogP contribution in [0.4, 0.5) is 0 Å². The lowest BCUT2D eigenvalue weighted by atomic mass is 9.49. The number of hydrogen-bond donors (Lipinski definition) is 0. The van der Waals surface area contributed by atoms with Crippen molar-refractivity contribution in [2.75, 3.05) is 0 Å². The number of terminal acetylenes is 1. The molecule has 4 rings (SSSR count). The summed E-state index contributed by atoms with van der Waals surface area (Å²) >= 11 is 7.17. The highest BCUT2D eigenvalue weighted by atomic mass is 35.5. The van der Waals surface area contributed by atoms with Crippen LogP contribution in [0.5, 0.6) is 0 Å². The van der Waals surface area contributed by atoms with Gasteiger partial charge in [-0.15, -0.1) is 18.0 Å². The van der Waals surface area contributed by atoms with Crippen molar-refractivity contribution in [3.63, 3.8) is 0 Å². The molecule has 7 atom stereocenters. The number of fused-ring (bicyclic) bond motifs is 5. The molecule has 0 heterocycles. The predicted octanol–water partition coefficient (Wildman–Crippen LogP) is 6.40. The van der Waals surface area contributed by atoms with E-state index in [2.05, 4.69) is 25.8 Å². The molecule has 4 aliphatic carbocycles. The molecule has 4 aliphatic rings. The molecule has 0 aliphatic heterocycles. The van der Waals surface area contributed by atoms with Crippen LogP contribution in [-0.4, -0.2) is 22.7 Å². The summed E-state index contributed by atoms with van der Waals surface area (Å²) in [4.78, 5) is 24.8. The summed E-state index contributed by atoms with van der Waals surface area (Å²) in [5, 5.41) is -0.0333. The maximum Gasteiger partial charge on any atom is 0.307 e. The lowest BCUT2D eigenvalue weighted by molar-refractivity contribution is -0.168. The number of alkyl halides is 1. The third kappa shape index (κ3) is 3.77. The molecule has 0 radical (unpaired) electrons. The summed E-state index contributed by atoms with van der Waals surface area (Å²) in [6.45, 7) is 4.33. The zero-order chi connectivity index (χ0) is 22.9. The normalized spacial score (nSPS) is 40.0. The van der Waals surface area contributed by atoms with E-state index in [0.29, 0.717) is 30.6 Å². The van der Waals surface area contributed by atoms with Crippen LogP contribution < -0.4 is 0 Å². The van der Waals surface area contributed by atoms with E-state index in [4.69, 9.17) is 22.8 Å². The van der Waals surface area contributed by atoms with Crippen molar-refractivity contribution in [2.24, 2.45) is 29.1 Å². The molecule has 32 heavy (non-hydrogen) atoms. The molecular weight excluding hydrogens is 420 g/mol. The maximum absolute atomic E-state index is 12.8. The van der Waals surface area contributed by atoms with Crippen LogP contribution in [0.25, 0.3) is 0 Å². The van der Waals surface area contributed by atoms with E-state index in [1.54, 1.807) is 0 Å². The van der Waals surface area contributed by atoms with Gasteiger partial charge in [-0.3, -0.25) is 9.59 Å². The van der Waals surface area contributed by atoms with Crippen molar-refractivity contribution in [3.8, 4) is 12.3 Å². The fraction of sp³-hybridized carbons (Fsp3) is 0.714. The van der Waals surface area contributed by atoms with E-state index in [1.807, 2.05) is 12.2 Å². The molecule has 2 saturated carbocycles. The highest BCUT2D eigenvalue weighted by molar-refractivity contribution is 6.21. The first-order valence-electron chi connectivity index (χ1n) is 12.7. The van der Waals surface area contributed by atoms with Crippen molar-refractivity contribution in [1.29, 1.82) is 0 Å². The van der Waals surface area contributed by atoms with E-state index < -0.39 is 5.60 Å². The summed E-state index contributed by atoms with van der Waals surface area (Å²) in [6.07, 6.45) is 22.0. The summed E-state index contributed by atoms with van der Waals surface area (Å²) in [6, 6.07) is 0. The molecule has 0 aromatic rings. The van der Waals surface area contributed by atoms with Crippen molar-refractivity contribution in [2.45, 2.75) is 95.5 Å². The van der Waals surface area contributed by atoms with E-state index in [0.717, 1.165) is 57.8 Å². The van der Waals surface area contributed by atoms with Gasteiger partial charge in [0.2, 0.25) is 0 Å². The van der Waals surface area contributed by atoms with Gasteiger partial charge >= 0.3 is 5.97 Å². The SMILES string of the molecule is C#C[C@]1(OC(=O)CCCCCC)C=C[C@H]2[C@@H]3CCC4=CC(=O)CC[C@@H]4[C@H]3[C@@H](Cl)C[C@@]21CC. The number of carbonyl (C=O) groups excluding carboxylic acids is 2. The molecule has 3 nitrogen and oxygen atoms in total. The van der Waals surface area contributed by atoms with Crippen molar-refractivity contribution in [1.82, 2.24) is 0 Å². The molecule has 2 fully saturated rings. The Balaban J connectivity index is 1.58. The van der Waals surface area contributed by atoms with Gasteiger partial charge in [0.05, 0.1) is 0 Å². The topological polar surface area (TPSA) is 43.4 Å². The van der Waals surface area contributed by atoms with E-state index in [-0.39, 0.29) is 28.5 Å². The van der Waals surface area contributed by atoms with Gasteiger partial charge in [-0.1, -0.05) is 50.7 Å². The molecule has 174 valence electrons. The van der Waals surface area contributed by atoms with Crippen LogP contribution in [0.3, 0.4) is 0 Å². The average molecular weight is 457 g/mol.